The zero-order valence-corrected chi connectivity index (χ0v) is 18.5. The molecule has 1 aromatic carbocycles. The van der Waals surface area contributed by atoms with Gasteiger partial charge in [-0.3, -0.25) is 0 Å². The van der Waals surface area contributed by atoms with Crippen LogP contribution in [0.2, 0.25) is 0 Å². The number of benzene rings is 1. The summed E-state index contributed by atoms with van der Waals surface area (Å²) >= 11 is 1.78. The first-order chi connectivity index (χ1) is 14.7. The number of thioether (sulfide) groups is 1. The van der Waals surface area contributed by atoms with Gasteiger partial charge in [0.05, 0.1) is 12.4 Å². The molecule has 0 aromatic heterocycles. The molecule has 0 N–H and O–H groups in total. The summed E-state index contributed by atoms with van der Waals surface area (Å²) in [7, 11) is 0. The minimum Gasteiger partial charge on any atom is -0.497 e. The van der Waals surface area contributed by atoms with Crippen LogP contribution in [0.1, 0.15) is 38.2 Å². The fourth-order valence-electron chi connectivity index (χ4n) is 3.51. The molecule has 4 nitrogen and oxygen atoms in total. The van der Waals surface area contributed by atoms with Crippen molar-refractivity contribution in [1.29, 1.82) is 0 Å². The zero-order chi connectivity index (χ0) is 22.1. The molecule has 0 bridgehead atoms. The molecule has 0 atom stereocenters. The van der Waals surface area contributed by atoms with Crippen molar-refractivity contribution in [3.63, 3.8) is 0 Å². The van der Waals surface area contributed by atoms with E-state index in [0.717, 1.165) is 40.9 Å². The number of aryl methyl sites for hydroxylation is 1. The smallest absolute Gasteiger partial charge is 0.412 e. The van der Waals surface area contributed by atoms with Crippen molar-refractivity contribution in [3.05, 3.63) is 47.2 Å². The molecule has 4 rings (SSSR count). The highest BCUT2D eigenvalue weighted by Gasteiger charge is 2.44. The molecule has 2 aliphatic carbocycles. The van der Waals surface area contributed by atoms with E-state index in [1.165, 1.54) is 6.08 Å². The van der Waals surface area contributed by atoms with E-state index in [0.29, 0.717) is 25.4 Å². The lowest BCUT2D eigenvalue weighted by Crippen LogP contribution is -2.42. The predicted molar refractivity (Wildman–Crippen MR) is 112 cm³/mol. The summed E-state index contributed by atoms with van der Waals surface area (Å²) in [6.45, 7) is 4.78. The molecule has 8 heteroatoms. The number of hydrogen-bond donors (Lipinski definition) is 0. The Kier molecular flexibility index (Phi) is 6.60. The molecule has 1 aliphatic heterocycles. The third kappa shape index (κ3) is 5.99. The Hall–Kier alpha value is -1.64. The summed E-state index contributed by atoms with van der Waals surface area (Å²) in [5, 5.41) is 0. The molecule has 170 valence electrons. The van der Waals surface area contributed by atoms with Crippen LogP contribution in [-0.4, -0.2) is 37.7 Å². The Morgan fingerprint density at radius 2 is 1.90 bits per heavy atom. The maximum atomic E-state index is 12.7. The van der Waals surface area contributed by atoms with E-state index in [1.54, 1.807) is 11.8 Å². The summed E-state index contributed by atoms with van der Waals surface area (Å²) in [5.41, 5.74) is 0.679. The molecule has 1 aromatic rings. The van der Waals surface area contributed by atoms with Crippen LogP contribution < -0.4 is 4.74 Å². The van der Waals surface area contributed by atoms with Crippen LogP contribution in [0, 0.1) is 12.3 Å². The lowest BCUT2D eigenvalue weighted by atomic mass is 10.0. The van der Waals surface area contributed by atoms with E-state index in [-0.39, 0.29) is 24.4 Å². The third-order valence-electron chi connectivity index (χ3n) is 5.75. The molecular formula is C23H27F3O4S. The van der Waals surface area contributed by atoms with E-state index >= 15 is 0 Å². The van der Waals surface area contributed by atoms with Gasteiger partial charge in [-0.1, -0.05) is 6.08 Å². The van der Waals surface area contributed by atoms with Crippen LogP contribution in [0.3, 0.4) is 0 Å². The summed E-state index contributed by atoms with van der Waals surface area (Å²) in [6.07, 6.45) is 0.374. The highest BCUT2D eigenvalue weighted by Crippen LogP contribution is 2.50. The maximum absolute atomic E-state index is 12.7. The van der Waals surface area contributed by atoms with Crippen LogP contribution in [0.25, 0.3) is 0 Å². The van der Waals surface area contributed by atoms with Crippen LogP contribution in [-0.2, 0) is 14.2 Å². The molecule has 0 unspecified atom stereocenters. The lowest BCUT2D eigenvalue weighted by molar-refractivity contribution is -0.380. The molecule has 2 fully saturated rings. The van der Waals surface area contributed by atoms with Gasteiger partial charge >= 0.3 is 6.18 Å². The van der Waals surface area contributed by atoms with Gasteiger partial charge in [-0.2, -0.15) is 13.2 Å². The highest BCUT2D eigenvalue weighted by atomic mass is 32.2. The number of allylic oxidation sites excluding steroid dienone is 4. The van der Waals surface area contributed by atoms with Crippen molar-refractivity contribution in [2.75, 3.05) is 19.0 Å². The van der Waals surface area contributed by atoms with E-state index in [2.05, 4.69) is 6.07 Å². The van der Waals surface area contributed by atoms with Crippen molar-refractivity contribution in [2.45, 2.75) is 63.2 Å². The van der Waals surface area contributed by atoms with Crippen molar-refractivity contribution in [1.82, 2.24) is 0 Å². The van der Waals surface area contributed by atoms with Gasteiger partial charge in [-0.15, -0.1) is 11.8 Å². The highest BCUT2D eigenvalue weighted by molar-refractivity contribution is 7.99. The molecule has 3 aliphatic rings. The average Bonchev–Trinajstić information content (AvgIpc) is 3.48. The van der Waals surface area contributed by atoms with E-state index in [1.807, 2.05) is 26.0 Å². The molecule has 1 heterocycles. The SMILES string of the molecule is Cc1cc(SCC2(COC3=CC=C(C(F)(F)F)CC3)CC2)ccc1OCC1OC(C)O1. The molecule has 1 saturated heterocycles. The van der Waals surface area contributed by atoms with Crippen molar-refractivity contribution in [3.8, 4) is 5.75 Å². The number of halogens is 3. The van der Waals surface area contributed by atoms with E-state index in [4.69, 9.17) is 18.9 Å². The summed E-state index contributed by atoms with van der Waals surface area (Å²) in [5.74, 6) is 2.39. The standard InChI is InChI=1S/C23H27F3O4S/c1-15-11-19(7-8-20(15)27-12-21-29-16(2)30-21)31-14-22(9-10-22)13-28-18-5-3-17(4-6-18)23(24,25)26/h3,5,7-8,11,16,21H,4,6,9-10,12-14H2,1-2H3. The van der Waals surface area contributed by atoms with Crippen LogP contribution in [0.5, 0.6) is 5.75 Å². The third-order valence-corrected chi connectivity index (χ3v) is 7.09. The summed E-state index contributed by atoms with van der Waals surface area (Å²) in [6, 6.07) is 6.12. The van der Waals surface area contributed by atoms with Crippen LogP contribution in [0.4, 0.5) is 13.2 Å². The Morgan fingerprint density at radius 1 is 1.13 bits per heavy atom. The van der Waals surface area contributed by atoms with Crippen molar-refractivity contribution in [2.24, 2.45) is 5.41 Å². The van der Waals surface area contributed by atoms with Gasteiger partial charge in [0.15, 0.2) is 12.6 Å². The zero-order valence-electron chi connectivity index (χ0n) is 17.7. The lowest BCUT2D eigenvalue weighted by Gasteiger charge is -2.33. The minimum atomic E-state index is -4.24. The normalized spacial score (nSPS) is 24.7. The second-order valence-electron chi connectivity index (χ2n) is 8.41. The average molecular weight is 457 g/mol. The van der Waals surface area contributed by atoms with Crippen LogP contribution in [0.15, 0.2) is 46.6 Å². The fraction of sp³-hybridized carbons (Fsp3) is 0.565. The van der Waals surface area contributed by atoms with Crippen molar-refractivity contribution >= 4 is 11.8 Å². The fourth-order valence-corrected chi connectivity index (χ4v) is 4.78. The number of ether oxygens (including phenoxy) is 4. The molecule has 0 spiro atoms. The van der Waals surface area contributed by atoms with E-state index in [9.17, 15) is 13.2 Å². The molecule has 0 amide bonds. The maximum Gasteiger partial charge on any atom is 0.412 e. The second kappa shape index (κ2) is 9.08. The van der Waals surface area contributed by atoms with Gasteiger partial charge in [-0.25, -0.2) is 0 Å². The minimum absolute atomic E-state index is 0.0111. The molecular weight excluding hydrogens is 429 g/mol. The van der Waals surface area contributed by atoms with Gasteiger partial charge in [-0.05, 0) is 62.9 Å². The number of hydrogen-bond acceptors (Lipinski definition) is 5. The largest absolute Gasteiger partial charge is 0.497 e. The Bertz CT molecular complexity index is 855. The van der Waals surface area contributed by atoms with E-state index < -0.39 is 11.7 Å². The first-order valence-corrected chi connectivity index (χ1v) is 11.5. The second-order valence-corrected chi connectivity index (χ2v) is 9.46. The Morgan fingerprint density at radius 3 is 2.48 bits per heavy atom. The topological polar surface area (TPSA) is 36.9 Å². The van der Waals surface area contributed by atoms with Gasteiger partial charge in [0.2, 0.25) is 0 Å². The first kappa shape index (κ1) is 22.6. The monoisotopic (exact) mass is 456 g/mol. The van der Waals surface area contributed by atoms with Gasteiger partial charge in [0.25, 0.3) is 0 Å². The quantitative estimate of drug-likeness (QED) is 0.417. The predicted octanol–water partition coefficient (Wildman–Crippen LogP) is 6.15. The number of alkyl halides is 3. The van der Waals surface area contributed by atoms with Gasteiger partial charge in [0.1, 0.15) is 12.4 Å². The van der Waals surface area contributed by atoms with Gasteiger partial charge < -0.3 is 18.9 Å². The first-order valence-electron chi connectivity index (χ1n) is 10.5. The molecule has 1 saturated carbocycles. The Balaban J connectivity index is 1.23. The number of rotatable bonds is 9. The van der Waals surface area contributed by atoms with Crippen molar-refractivity contribution < 1.29 is 32.1 Å². The van der Waals surface area contributed by atoms with Crippen LogP contribution >= 0.6 is 11.8 Å². The summed E-state index contributed by atoms with van der Waals surface area (Å²) < 4.78 is 60.6. The Labute approximate surface area is 184 Å². The molecule has 0 radical (unpaired) electrons. The summed E-state index contributed by atoms with van der Waals surface area (Å²) in [4.78, 5) is 1.16. The van der Waals surface area contributed by atoms with Gasteiger partial charge in [0, 0.05) is 28.1 Å². The molecule has 31 heavy (non-hydrogen) atoms.